The first-order valence-electron chi connectivity index (χ1n) is 9.86. The third-order valence-electron chi connectivity index (χ3n) is 4.27. The van der Waals surface area contributed by atoms with Crippen molar-refractivity contribution in [2.75, 3.05) is 25.6 Å². The second-order valence-corrected chi connectivity index (χ2v) is 8.19. The average Bonchev–Trinajstić information content (AvgIpc) is 3.05. The Kier molecular flexibility index (Phi) is 9.27. The molecule has 0 saturated carbocycles. The molecule has 2 rings (SSSR count). The number of nitrogens with zero attached hydrogens (tertiary/aromatic N) is 3. The maximum Gasteiger partial charge on any atom is 0.233 e. The van der Waals surface area contributed by atoms with Gasteiger partial charge in [-0.15, -0.1) is 10.2 Å². The first-order chi connectivity index (χ1) is 13.9. The Balaban J connectivity index is 1.82. The molecule has 0 saturated heterocycles. The standard InChI is InChI=1S/C20H31N5O3S/c1-5-27-12-6-11-22-19(26)15(4)29-20-24-23-18(25(20)21)13-28-17-9-7-16(8-10-17)14(2)3/h7-10,14-15H,5-6,11-13,21H2,1-4H3,(H,22,26). The highest BCUT2D eigenvalue weighted by atomic mass is 32.2. The van der Waals surface area contributed by atoms with Gasteiger partial charge in [0.05, 0.1) is 5.25 Å². The topological polar surface area (TPSA) is 104 Å². The molecule has 0 bridgehead atoms. The summed E-state index contributed by atoms with van der Waals surface area (Å²) in [5, 5.41) is 11.2. The van der Waals surface area contributed by atoms with Gasteiger partial charge in [-0.05, 0) is 43.9 Å². The van der Waals surface area contributed by atoms with E-state index >= 15 is 0 Å². The van der Waals surface area contributed by atoms with E-state index in [1.54, 1.807) is 0 Å². The smallest absolute Gasteiger partial charge is 0.233 e. The quantitative estimate of drug-likeness (QED) is 0.308. The zero-order valence-corrected chi connectivity index (χ0v) is 18.4. The van der Waals surface area contributed by atoms with Gasteiger partial charge in [-0.3, -0.25) is 4.79 Å². The normalized spacial score (nSPS) is 12.2. The molecule has 0 radical (unpaired) electrons. The molecular weight excluding hydrogens is 390 g/mol. The van der Waals surface area contributed by atoms with Gasteiger partial charge in [0.25, 0.3) is 0 Å². The van der Waals surface area contributed by atoms with Gasteiger partial charge in [0.2, 0.25) is 11.1 Å². The molecule has 1 amide bonds. The Morgan fingerprint density at radius 2 is 1.97 bits per heavy atom. The van der Waals surface area contributed by atoms with Gasteiger partial charge in [-0.1, -0.05) is 37.7 Å². The summed E-state index contributed by atoms with van der Waals surface area (Å²) in [6, 6.07) is 7.95. The van der Waals surface area contributed by atoms with E-state index in [0.29, 0.717) is 36.7 Å². The van der Waals surface area contributed by atoms with Crippen LogP contribution in [0.3, 0.4) is 0 Å². The minimum Gasteiger partial charge on any atom is -0.486 e. The van der Waals surface area contributed by atoms with E-state index in [9.17, 15) is 4.79 Å². The molecule has 0 aliphatic rings. The highest BCUT2D eigenvalue weighted by Crippen LogP contribution is 2.22. The van der Waals surface area contributed by atoms with Crippen LogP contribution in [-0.4, -0.2) is 45.8 Å². The summed E-state index contributed by atoms with van der Waals surface area (Å²) in [7, 11) is 0. The predicted octanol–water partition coefficient (Wildman–Crippen LogP) is 2.72. The van der Waals surface area contributed by atoms with E-state index in [1.165, 1.54) is 22.0 Å². The van der Waals surface area contributed by atoms with Crippen molar-refractivity contribution >= 4 is 17.7 Å². The third-order valence-corrected chi connectivity index (χ3v) is 5.33. The molecule has 0 aliphatic carbocycles. The minimum atomic E-state index is -0.342. The summed E-state index contributed by atoms with van der Waals surface area (Å²) < 4.78 is 12.4. The summed E-state index contributed by atoms with van der Waals surface area (Å²) in [5.41, 5.74) is 1.25. The molecule has 160 valence electrons. The minimum absolute atomic E-state index is 0.0717. The van der Waals surface area contributed by atoms with Gasteiger partial charge in [-0.25, -0.2) is 4.68 Å². The Labute approximate surface area is 176 Å². The number of rotatable bonds is 12. The van der Waals surface area contributed by atoms with Gasteiger partial charge >= 0.3 is 0 Å². The van der Waals surface area contributed by atoms with Crippen molar-refractivity contribution in [2.24, 2.45) is 0 Å². The lowest BCUT2D eigenvalue weighted by molar-refractivity contribution is -0.120. The molecule has 1 heterocycles. The Hall–Kier alpha value is -2.26. The number of nitrogen functional groups attached to an aromatic ring is 1. The SMILES string of the molecule is CCOCCCNC(=O)C(C)Sc1nnc(COc2ccc(C(C)C)cc2)n1N. The zero-order chi connectivity index (χ0) is 21.2. The highest BCUT2D eigenvalue weighted by Gasteiger charge is 2.19. The molecule has 2 aromatic rings. The van der Waals surface area contributed by atoms with Crippen molar-refractivity contribution in [3.05, 3.63) is 35.7 Å². The molecule has 1 unspecified atom stereocenters. The number of amides is 1. The lowest BCUT2D eigenvalue weighted by Gasteiger charge is -2.12. The first-order valence-corrected chi connectivity index (χ1v) is 10.7. The first kappa shape index (κ1) is 23.0. The van der Waals surface area contributed by atoms with Crippen LogP contribution in [0, 0.1) is 0 Å². The molecule has 8 nitrogen and oxygen atoms in total. The van der Waals surface area contributed by atoms with Crippen molar-refractivity contribution in [3.8, 4) is 5.75 Å². The van der Waals surface area contributed by atoms with E-state index in [2.05, 4.69) is 29.4 Å². The van der Waals surface area contributed by atoms with Crippen LogP contribution in [-0.2, 0) is 16.1 Å². The van der Waals surface area contributed by atoms with Gasteiger partial charge in [0, 0.05) is 19.8 Å². The molecular formula is C20H31N5O3S. The summed E-state index contributed by atoms with van der Waals surface area (Å²) in [5.74, 6) is 7.71. The fourth-order valence-corrected chi connectivity index (χ4v) is 3.28. The van der Waals surface area contributed by atoms with Crippen molar-refractivity contribution < 1.29 is 14.3 Å². The van der Waals surface area contributed by atoms with Crippen LogP contribution in [0.5, 0.6) is 5.75 Å². The summed E-state index contributed by atoms with van der Waals surface area (Å²) in [4.78, 5) is 12.2. The number of carbonyl (C=O) groups excluding carboxylic acids is 1. The fourth-order valence-electron chi connectivity index (χ4n) is 2.47. The number of hydrogen-bond donors (Lipinski definition) is 2. The Morgan fingerprint density at radius 3 is 2.62 bits per heavy atom. The lowest BCUT2D eigenvalue weighted by atomic mass is 10.0. The molecule has 0 aliphatic heterocycles. The van der Waals surface area contributed by atoms with Crippen LogP contribution < -0.4 is 15.9 Å². The van der Waals surface area contributed by atoms with Crippen LogP contribution in [0.2, 0.25) is 0 Å². The number of hydrogen-bond acceptors (Lipinski definition) is 7. The Morgan fingerprint density at radius 1 is 1.24 bits per heavy atom. The van der Waals surface area contributed by atoms with Crippen LogP contribution in [0.15, 0.2) is 29.4 Å². The monoisotopic (exact) mass is 421 g/mol. The predicted molar refractivity (Wildman–Crippen MR) is 114 cm³/mol. The van der Waals surface area contributed by atoms with Gasteiger partial charge in [0.15, 0.2) is 5.82 Å². The van der Waals surface area contributed by atoms with Crippen LogP contribution in [0.25, 0.3) is 0 Å². The van der Waals surface area contributed by atoms with E-state index in [1.807, 2.05) is 38.1 Å². The molecule has 1 atom stereocenters. The largest absolute Gasteiger partial charge is 0.486 e. The maximum atomic E-state index is 12.2. The van der Waals surface area contributed by atoms with Crippen molar-refractivity contribution in [1.82, 2.24) is 20.2 Å². The molecule has 1 aromatic carbocycles. The average molecular weight is 422 g/mol. The Bertz CT molecular complexity index is 764. The molecule has 1 aromatic heterocycles. The van der Waals surface area contributed by atoms with Gasteiger partial charge < -0.3 is 20.6 Å². The van der Waals surface area contributed by atoms with Crippen LogP contribution >= 0.6 is 11.8 Å². The number of thioether (sulfide) groups is 1. The number of carbonyl (C=O) groups is 1. The number of nitrogens with two attached hydrogens (primary N) is 1. The number of ether oxygens (including phenoxy) is 2. The molecule has 9 heteroatoms. The second-order valence-electron chi connectivity index (χ2n) is 6.88. The van der Waals surface area contributed by atoms with Gasteiger partial charge in [0.1, 0.15) is 12.4 Å². The molecule has 3 N–H and O–H groups in total. The lowest BCUT2D eigenvalue weighted by Crippen LogP contribution is -2.32. The number of nitrogens with one attached hydrogen (secondary N) is 1. The van der Waals surface area contributed by atoms with Crippen LogP contribution in [0.4, 0.5) is 0 Å². The summed E-state index contributed by atoms with van der Waals surface area (Å²) in [6.07, 6.45) is 0.781. The van der Waals surface area contributed by atoms with Crippen molar-refractivity contribution in [1.29, 1.82) is 0 Å². The van der Waals surface area contributed by atoms with Gasteiger partial charge in [-0.2, -0.15) is 0 Å². The van der Waals surface area contributed by atoms with Crippen molar-refractivity contribution in [2.45, 2.75) is 57.0 Å². The molecule has 29 heavy (non-hydrogen) atoms. The van der Waals surface area contributed by atoms with E-state index in [0.717, 1.165) is 12.2 Å². The van der Waals surface area contributed by atoms with Crippen LogP contribution in [0.1, 0.15) is 51.4 Å². The summed E-state index contributed by atoms with van der Waals surface area (Å²) in [6.45, 7) is 10.1. The summed E-state index contributed by atoms with van der Waals surface area (Å²) >= 11 is 1.26. The van der Waals surface area contributed by atoms with E-state index in [-0.39, 0.29) is 17.8 Å². The highest BCUT2D eigenvalue weighted by molar-refractivity contribution is 8.00. The number of aromatic nitrogens is 3. The molecule has 0 fully saturated rings. The maximum absolute atomic E-state index is 12.2. The zero-order valence-electron chi connectivity index (χ0n) is 17.6. The number of benzene rings is 1. The van der Waals surface area contributed by atoms with Crippen molar-refractivity contribution in [3.63, 3.8) is 0 Å². The van der Waals surface area contributed by atoms with E-state index in [4.69, 9.17) is 15.3 Å². The third kappa shape index (κ3) is 7.25. The molecule has 0 spiro atoms. The fraction of sp³-hybridized carbons (Fsp3) is 0.550. The van der Waals surface area contributed by atoms with E-state index < -0.39 is 0 Å². The second kappa shape index (κ2) is 11.7.